The highest BCUT2D eigenvalue weighted by Gasteiger charge is 2.25. The molecule has 0 saturated heterocycles. The van der Waals surface area contributed by atoms with E-state index in [-0.39, 0.29) is 23.7 Å². The molecule has 0 aliphatic rings. The van der Waals surface area contributed by atoms with Gasteiger partial charge in [0.2, 0.25) is 10.0 Å². The van der Waals surface area contributed by atoms with Crippen molar-refractivity contribution in [3.8, 4) is 0 Å². The number of unbranched alkanes of at least 4 members (excludes halogenated alkanes) is 1. The molecule has 0 aliphatic carbocycles. The number of rotatable bonds is 7. The molecular formula is C11H19N3O3S. The number of nitrogen functional groups attached to an aromatic ring is 1. The van der Waals surface area contributed by atoms with Crippen LogP contribution < -0.4 is 5.73 Å². The zero-order chi connectivity index (χ0) is 13.6. The van der Waals surface area contributed by atoms with Crippen LogP contribution in [0.1, 0.15) is 19.8 Å². The molecule has 102 valence electrons. The Morgan fingerprint density at radius 1 is 1.44 bits per heavy atom. The second kappa shape index (κ2) is 6.67. The summed E-state index contributed by atoms with van der Waals surface area (Å²) in [6.07, 6.45) is 4.29. The minimum Gasteiger partial charge on any atom is -0.398 e. The molecule has 0 amide bonds. The SMILES string of the molecule is CCCCN(CCO)S(=O)(=O)c1cnccc1N. The zero-order valence-corrected chi connectivity index (χ0v) is 11.2. The number of anilines is 1. The molecule has 0 aromatic carbocycles. The van der Waals surface area contributed by atoms with E-state index in [1.54, 1.807) is 0 Å². The second-order valence-corrected chi connectivity index (χ2v) is 5.80. The Kier molecular flexibility index (Phi) is 5.52. The molecule has 0 aliphatic heterocycles. The Morgan fingerprint density at radius 2 is 2.17 bits per heavy atom. The van der Waals surface area contributed by atoms with Crippen LogP contribution in [0.4, 0.5) is 5.69 Å². The van der Waals surface area contributed by atoms with Gasteiger partial charge in [-0.1, -0.05) is 13.3 Å². The summed E-state index contributed by atoms with van der Waals surface area (Å²) in [6.45, 7) is 2.19. The highest BCUT2D eigenvalue weighted by molar-refractivity contribution is 7.89. The average Bonchev–Trinajstić information content (AvgIpc) is 2.34. The van der Waals surface area contributed by atoms with Gasteiger partial charge in [-0.05, 0) is 12.5 Å². The number of hydrogen-bond donors (Lipinski definition) is 2. The van der Waals surface area contributed by atoms with Crippen LogP contribution in [0, 0.1) is 0 Å². The first-order valence-corrected chi connectivity index (χ1v) is 7.28. The van der Waals surface area contributed by atoms with Gasteiger partial charge in [0.05, 0.1) is 12.3 Å². The molecule has 0 saturated carbocycles. The summed E-state index contributed by atoms with van der Waals surface area (Å²) in [7, 11) is -3.68. The average molecular weight is 273 g/mol. The van der Waals surface area contributed by atoms with Crippen molar-refractivity contribution in [2.75, 3.05) is 25.4 Å². The second-order valence-electron chi connectivity index (χ2n) is 3.89. The van der Waals surface area contributed by atoms with Crippen molar-refractivity contribution in [3.63, 3.8) is 0 Å². The number of aromatic nitrogens is 1. The lowest BCUT2D eigenvalue weighted by molar-refractivity contribution is 0.252. The van der Waals surface area contributed by atoms with E-state index in [9.17, 15) is 8.42 Å². The van der Waals surface area contributed by atoms with E-state index < -0.39 is 10.0 Å². The lowest BCUT2D eigenvalue weighted by atomic mass is 10.3. The van der Waals surface area contributed by atoms with Gasteiger partial charge in [-0.15, -0.1) is 0 Å². The van der Waals surface area contributed by atoms with E-state index in [0.29, 0.717) is 6.54 Å². The summed E-state index contributed by atoms with van der Waals surface area (Å²) in [5, 5.41) is 8.96. The topological polar surface area (TPSA) is 96.5 Å². The van der Waals surface area contributed by atoms with Crippen LogP contribution in [-0.2, 0) is 10.0 Å². The molecule has 0 unspecified atom stereocenters. The molecular weight excluding hydrogens is 254 g/mol. The van der Waals surface area contributed by atoms with Crippen molar-refractivity contribution < 1.29 is 13.5 Å². The van der Waals surface area contributed by atoms with Crippen LogP contribution in [-0.4, -0.2) is 42.5 Å². The Morgan fingerprint density at radius 3 is 2.72 bits per heavy atom. The largest absolute Gasteiger partial charge is 0.398 e. The number of aliphatic hydroxyl groups is 1. The highest BCUT2D eigenvalue weighted by Crippen LogP contribution is 2.20. The maximum atomic E-state index is 12.3. The summed E-state index contributed by atoms with van der Waals surface area (Å²) in [6, 6.07) is 1.45. The van der Waals surface area contributed by atoms with E-state index in [0.717, 1.165) is 12.8 Å². The van der Waals surface area contributed by atoms with Crippen LogP contribution in [0.15, 0.2) is 23.4 Å². The van der Waals surface area contributed by atoms with Crippen LogP contribution >= 0.6 is 0 Å². The van der Waals surface area contributed by atoms with Gasteiger partial charge < -0.3 is 10.8 Å². The lowest BCUT2D eigenvalue weighted by Gasteiger charge is -2.21. The van der Waals surface area contributed by atoms with E-state index in [1.807, 2.05) is 6.92 Å². The molecule has 0 fully saturated rings. The van der Waals surface area contributed by atoms with E-state index >= 15 is 0 Å². The molecule has 1 aromatic heterocycles. The first kappa shape index (κ1) is 14.9. The third kappa shape index (κ3) is 3.41. The molecule has 7 heteroatoms. The summed E-state index contributed by atoms with van der Waals surface area (Å²) in [5.74, 6) is 0. The number of pyridine rings is 1. The fraction of sp³-hybridized carbons (Fsp3) is 0.545. The van der Waals surface area contributed by atoms with Gasteiger partial charge >= 0.3 is 0 Å². The van der Waals surface area contributed by atoms with Crippen LogP contribution in [0.3, 0.4) is 0 Å². The highest BCUT2D eigenvalue weighted by atomic mass is 32.2. The third-order valence-corrected chi connectivity index (χ3v) is 4.49. The maximum Gasteiger partial charge on any atom is 0.246 e. The monoisotopic (exact) mass is 273 g/mol. The van der Waals surface area contributed by atoms with E-state index in [4.69, 9.17) is 10.8 Å². The number of hydrogen-bond acceptors (Lipinski definition) is 5. The van der Waals surface area contributed by atoms with Gasteiger partial charge in [0.1, 0.15) is 4.90 Å². The normalized spacial score (nSPS) is 11.9. The minimum absolute atomic E-state index is 0.00504. The number of nitrogens with two attached hydrogens (primary N) is 1. The van der Waals surface area contributed by atoms with Crippen molar-refractivity contribution >= 4 is 15.7 Å². The molecule has 0 bridgehead atoms. The molecule has 1 aromatic rings. The van der Waals surface area contributed by atoms with Crippen LogP contribution in [0.2, 0.25) is 0 Å². The van der Waals surface area contributed by atoms with Gasteiger partial charge in [0.25, 0.3) is 0 Å². The first-order valence-electron chi connectivity index (χ1n) is 5.84. The summed E-state index contributed by atoms with van der Waals surface area (Å²) < 4.78 is 25.9. The molecule has 18 heavy (non-hydrogen) atoms. The molecule has 1 rings (SSSR count). The van der Waals surface area contributed by atoms with Crippen molar-refractivity contribution in [1.29, 1.82) is 0 Å². The molecule has 6 nitrogen and oxygen atoms in total. The Hall–Kier alpha value is -1.18. The summed E-state index contributed by atoms with van der Waals surface area (Å²) in [5.41, 5.74) is 5.83. The van der Waals surface area contributed by atoms with Crippen molar-refractivity contribution in [1.82, 2.24) is 9.29 Å². The van der Waals surface area contributed by atoms with Gasteiger partial charge in [-0.25, -0.2) is 8.42 Å². The van der Waals surface area contributed by atoms with Gasteiger partial charge in [0, 0.05) is 25.5 Å². The van der Waals surface area contributed by atoms with E-state index in [1.165, 1.54) is 22.8 Å². The molecule has 0 spiro atoms. The van der Waals surface area contributed by atoms with Crippen molar-refractivity contribution in [2.24, 2.45) is 0 Å². The van der Waals surface area contributed by atoms with Gasteiger partial charge in [-0.2, -0.15) is 4.31 Å². The third-order valence-electron chi connectivity index (χ3n) is 2.54. The lowest BCUT2D eigenvalue weighted by Crippen LogP contribution is -2.35. The van der Waals surface area contributed by atoms with Crippen LogP contribution in [0.25, 0.3) is 0 Å². The Bertz CT molecular complexity index is 476. The summed E-state index contributed by atoms with van der Waals surface area (Å²) in [4.78, 5) is 3.78. The fourth-order valence-corrected chi connectivity index (χ4v) is 3.07. The van der Waals surface area contributed by atoms with Crippen molar-refractivity contribution in [3.05, 3.63) is 18.5 Å². The smallest absolute Gasteiger partial charge is 0.246 e. The standard InChI is InChI=1S/C11H19N3O3S/c1-2-3-6-14(7-8-15)18(16,17)11-9-13-5-4-10(11)12/h4-5,9,15H,2-3,6-8H2,1H3,(H2,12,13). The quantitative estimate of drug-likeness (QED) is 0.751. The Labute approximate surface area is 107 Å². The van der Waals surface area contributed by atoms with E-state index in [2.05, 4.69) is 4.98 Å². The maximum absolute atomic E-state index is 12.3. The molecule has 0 radical (unpaired) electrons. The molecule has 0 atom stereocenters. The fourth-order valence-electron chi connectivity index (χ4n) is 1.54. The number of aliphatic hydroxyl groups excluding tert-OH is 1. The van der Waals surface area contributed by atoms with Gasteiger partial charge in [-0.3, -0.25) is 4.98 Å². The first-order chi connectivity index (χ1) is 8.54. The number of sulfonamides is 1. The summed E-state index contributed by atoms with van der Waals surface area (Å²) >= 11 is 0. The molecule has 1 heterocycles. The molecule has 3 N–H and O–H groups in total. The van der Waals surface area contributed by atoms with Crippen molar-refractivity contribution in [2.45, 2.75) is 24.7 Å². The number of nitrogens with zero attached hydrogens (tertiary/aromatic N) is 2. The minimum atomic E-state index is -3.68. The predicted octanol–water partition coefficient (Wildman–Crippen LogP) is 0.447. The predicted molar refractivity (Wildman–Crippen MR) is 69.4 cm³/mol. The zero-order valence-electron chi connectivity index (χ0n) is 10.4. The Balaban J connectivity index is 3.05. The van der Waals surface area contributed by atoms with Gasteiger partial charge in [0.15, 0.2) is 0 Å². The van der Waals surface area contributed by atoms with Crippen LogP contribution in [0.5, 0.6) is 0 Å².